The SMILES string of the molecule is CC(C)C[C@H](NC(=O)[C@@H](NC(=O)CCCCCCCCCCCCCCC(=O)N[C@@H](CC(N)=O)C(=O)N[C@@H](Cc1ccccc1)C(=O)O)[C@H](C)O)C(=O)N[C@@H](Cc1ccc(O)cc1)C(=O)O. The van der Waals surface area contributed by atoms with E-state index >= 15 is 0 Å². The van der Waals surface area contributed by atoms with E-state index in [-0.39, 0.29) is 43.8 Å². The lowest BCUT2D eigenvalue weighted by molar-refractivity contribution is -0.142. The maximum absolute atomic E-state index is 13.3. The number of phenols is 1. The third-order valence-corrected chi connectivity index (χ3v) is 10.9. The van der Waals surface area contributed by atoms with E-state index in [1.807, 2.05) is 13.8 Å². The van der Waals surface area contributed by atoms with E-state index in [9.17, 15) is 58.8 Å². The van der Waals surface area contributed by atoms with Gasteiger partial charge in [-0.3, -0.25) is 28.8 Å². The Morgan fingerprint density at radius 2 is 0.924 bits per heavy atom. The van der Waals surface area contributed by atoms with Crippen LogP contribution in [0.15, 0.2) is 54.6 Å². The number of amides is 6. The Balaban J connectivity index is 1.63. The third kappa shape index (κ3) is 23.8. The van der Waals surface area contributed by atoms with Gasteiger partial charge in [0.2, 0.25) is 35.4 Å². The quantitative estimate of drug-likeness (QED) is 0.0451. The molecule has 18 nitrogen and oxygen atoms in total. The highest BCUT2D eigenvalue weighted by Gasteiger charge is 2.32. The number of aromatic hydroxyl groups is 1. The van der Waals surface area contributed by atoms with E-state index in [4.69, 9.17) is 5.73 Å². The smallest absolute Gasteiger partial charge is 0.326 e. The summed E-state index contributed by atoms with van der Waals surface area (Å²) in [5, 5.41) is 51.9. The molecule has 2 rings (SSSR count). The van der Waals surface area contributed by atoms with Crippen molar-refractivity contribution in [2.75, 3.05) is 0 Å². The number of carbonyl (C=O) groups excluding carboxylic acids is 6. The van der Waals surface area contributed by atoms with Crippen LogP contribution in [0.5, 0.6) is 5.75 Å². The summed E-state index contributed by atoms with van der Waals surface area (Å²) in [6, 6.07) is 8.37. The van der Waals surface area contributed by atoms with Crippen LogP contribution < -0.4 is 32.3 Å². The molecule has 0 saturated heterocycles. The number of nitrogens with two attached hydrogens (primary N) is 1. The standard InChI is InChI=1S/C48H72N6O12/c1-31(2)27-36(44(60)52-39(48(65)66)29-34-23-25-35(56)26-24-34)51-46(62)43(32(3)55)54-42(59)22-18-13-11-9-7-5-4-6-8-10-12-17-21-41(58)50-37(30-40(49)57)45(61)53-38(47(63)64)28-33-19-15-14-16-20-33/h14-16,19-20,23-26,31-32,36-39,43,55-56H,4-13,17-18,21-22,27-30H2,1-3H3,(H2,49,57)(H,50,58)(H,51,62)(H,52,60)(H,53,61)(H,54,59)(H,63,64)(H,65,66)/t32-,36-,37-,38-,39-,43-/m0/s1. The van der Waals surface area contributed by atoms with Gasteiger partial charge in [0, 0.05) is 25.7 Å². The Hall–Kier alpha value is -6.04. The summed E-state index contributed by atoms with van der Waals surface area (Å²) in [7, 11) is 0. The number of carboxylic acid groups (broad SMARTS) is 2. The van der Waals surface area contributed by atoms with Crippen molar-refractivity contribution in [3.8, 4) is 5.75 Å². The number of carboxylic acids is 2. The van der Waals surface area contributed by atoms with Gasteiger partial charge < -0.3 is 52.7 Å². The lowest BCUT2D eigenvalue weighted by Crippen LogP contribution is -2.58. The van der Waals surface area contributed by atoms with Crippen molar-refractivity contribution in [1.82, 2.24) is 26.6 Å². The molecule has 66 heavy (non-hydrogen) atoms. The summed E-state index contributed by atoms with van der Waals surface area (Å²) < 4.78 is 0. The second-order valence-corrected chi connectivity index (χ2v) is 17.4. The zero-order valence-electron chi connectivity index (χ0n) is 38.6. The number of hydrogen-bond donors (Lipinski definition) is 10. The molecule has 0 saturated carbocycles. The normalized spacial score (nSPS) is 13.8. The third-order valence-electron chi connectivity index (χ3n) is 10.9. The molecule has 0 aliphatic carbocycles. The molecule has 0 radical (unpaired) electrons. The van der Waals surface area contributed by atoms with Crippen molar-refractivity contribution in [3.05, 3.63) is 65.7 Å². The molecule has 11 N–H and O–H groups in total. The number of primary amides is 1. The first-order chi connectivity index (χ1) is 31.4. The molecule has 0 bridgehead atoms. The summed E-state index contributed by atoms with van der Waals surface area (Å²) in [6.07, 6.45) is 9.62. The fourth-order valence-corrected chi connectivity index (χ4v) is 7.29. The lowest BCUT2D eigenvalue weighted by Gasteiger charge is -2.26. The van der Waals surface area contributed by atoms with Crippen LogP contribution in [-0.2, 0) is 51.2 Å². The number of rotatable bonds is 34. The van der Waals surface area contributed by atoms with Crippen LogP contribution in [0.25, 0.3) is 0 Å². The predicted molar refractivity (Wildman–Crippen MR) is 246 cm³/mol. The molecule has 0 fully saturated rings. The number of aliphatic hydroxyl groups excluding tert-OH is 1. The van der Waals surface area contributed by atoms with Crippen molar-refractivity contribution < 1.29 is 58.8 Å². The van der Waals surface area contributed by atoms with Crippen molar-refractivity contribution >= 4 is 47.4 Å². The van der Waals surface area contributed by atoms with Gasteiger partial charge in [-0.2, -0.15) is 0 Å². The molecule has 0 unspecified atom stereocenters. The summed E-state index contributed by atoms with van der Waals surface area (Å²) in [4.78, 5) is 100. The Morgan fingerprint density at radius 1 is 0.515 bits per heavy atom. The highest BCUT2D eigenvalue weighted by Crippen LogP contribution is 2.15. The largest absolute Gasteiger partial charge is 0.508 e. The van der Waals surface area contributed by atoms with Crippen LogP contribution in [0.3, 0.4) is 0 Å². The first-order valence-electron chi connectivity index (χ1n) is 23.1. The van der Waals surface area contributed by atoms with Crippen LogP contribution in [0.1, 0.15) is 135 Å². The second kappa shape index (κ2) is 31.0. The van der Waals surface area contributed by atoms with Crippen molar-refractivity contribution in [3.63, 3.8) is 0 Å². The zero-order chi connectivity index (χ0) is 49.0. The summed E-state index contributed by atoms with van der Waals surface area (Å²) in [5.74, 6) is -6.50. The number of benzene rings is 2. The van der Waals surface area contributed by atoms with Crippen LogP contribution in [-0.4, -0.2) is 104 Å². The van der Waals surface area contributed by atoms with E-state index in [2.05, 4.69) is 26.6 Å². The van der Waals surface area contributed by atoms with Crippen molar-refractivity contribution in [2.24, 2.45) is 11.7 Å². The van der Waals surface area contributed by atoms with Crippen molar-refractivity contribution in [1.29, 1.82) is 0 Å². The number of hydrogen-bond acceptors (Lipinski definition) is 10. The van der Waals surface area contributed by atoms with E-state index in [0.29, 0.717) is 24.0 Å². The molecule has 0 heterocycles. The molecule has 2 aromatic rings. The first kappa shape index (κ1) is 56.1. The van der Waals surface area contributed by atoms with Crippen LogP contribution in [0, 0.1) is 5.92 Å². The minimum Gasteiger partial charge on any atom is -0.508 e. The average Bonchev–Trinajstić information content (AvgIpc) is 3.25. The summed E-state index contributed by atoms with van der Waals surface area (Å²) in [6.45, 7) is 5.02. The highest BCUT2D eigenvalue weighted by molar-refractivity contribution is 5.94. The summed E-state index contributed by atoms with van der Waals surface area (Å²) in [5.41, 5.74) is 6.57. The molecule has 6 atom stereocenters. The Morgan fingerprint density at radius 3 is 1.35 bits per heavy atom. The van der Waals surface area contributed by atoms with Gasteiger partial charge in [0.25, 0.3) is 0 Å². The Labute approximate surface area is 387 Å². The highest BCUT2D eigenvalue weighted by atomic mass is 16.4. The molecule has 0 spiro atoms. The molecule has 0 aliphatic heterocycles. The lowest BCUT2D eigenvalue weighted by atomic mass is 10.0. The van der Waals surface area contributed by atoms with Gasteiger partial charge in [-0.15, -0.1) is 0 Å². The molecule has 0 aliphatic rings. The van der Waals surface area contributed by atoms with E-state index < -0.39 is 90.1 Å². The molecule has 2 aromatic carbocycles. The van der Waals surface area contributed by atoms with E-state index in [1.54, 1.807) is 42.5 Å². The summed E-state index contributed by atoms with van der Waals surface area (Å²) >= 11 is 0. The van der Waals surface area contributed by atoms with Gasteiger partial charge in [0.15, 0.2) is 0 Å². The minimum absolute atomic E-state index is 0.0138. The maximum Gasteiger partial charge on any atom is 0.326 e. The molecule has 0 aromatic heterocycles. The molecule has 18 heteroatoms. The molecular formula is C48H72N6O12. The van der Waals surface area contributed by atoms with E-state index in [1.165, 1.54) is 19.1 Å². The zero-order valence-corrected chi connectivity index (χ0v) is 38.6. The van der Waals surface area contributed by atoms with Gasteiger partial charge in [0.05, 0.1) is 12.5 Å². The van der Waals surface area contributed by atoms with Crippen LogP contribution in [0.4, 0.5) is 0 Å². The van der Waals surface area contributed by atoms with E-state index in [0.717, 1.165) is 64.2 Å². The molecule has 366 valence electrons. The average molecular weight is 925 g/mol. The number of phenolic OH excluding ortho intramolecular Hbond substituents is 1. The fourth-order valence-electron chi connectivity index (χ4n) is 7.29. The predicted octanol–water partition coefficient (Wildman–Crippen LogP) is 3.53. The fraction of sp³-hybridized carbons (Fsp3) is 0.583. The van der Waals surface area contributed by atoms with Gasteiger partial charge in [-0.25, -0.2) is 9.59 Å². The topological polar surface area (TPSA) is 304 Å². The Kier molecular flexibility index (Phi) is 26.3. The molecule has 6 amide bonds. The monoisotopic (exact) mass is 925 g/mol. The van der Waals surface area contributed by atoms with Crippen LogP contribution in [0.2, 0.25) is 0 Å². The molecular weight excluding hydrogens is 853 g/mol. The van der Waals surface area contributed by atoms with Gasteiger partial charge >= 0.3 is 11.9 Å². The van der Waals surface area contributed by atoms with Gasteiger partial charge in [-0.05, 0) is 55.4 Å². The number of nitrogens with one attached hydrogen (secondary N) is 5. The number of aliphatic carboxylic acids is 2. The number of carbonyl (C=O) groups is 8. The Bertz CT molecular complexity index is 1840. The van der Waals surface area contributed by atoms with Gasteiger partial charge in [-0.1, -0.05) is 121 Å². The van der Waals surface area contributed by atoms with Gasteiger partial charge in [0.1, 0.15) is 36.0 Å². The minimum atomic E-state index is -1.33. The number of unbranched alkanes of at least 4 members (excludes halogenated alkanes) is 11. The van der Waals surface area contributed by atoms with Crippen molar-refractivity contribution in [2.45, 2.75) is 173 Å². The first-order valence-corrected chi connectivity index (χ1v) is 23.1. The van der Waals surface area contributed by atoms with Crippen LogP contribution >= 0.6 is 0 Å². The maximum atomic E-state index is 13.3. The second-order valence-electron chi connectivity index (χ2n) is 17.4. The number of aliphatic hydroxyl groups is 1.